The van der Waals surface area contributed by atoms with Crippen LogP contribution in [0, 0.1) is 0 Å². The van der Waals surface area contributed by atoms with Gasteiger partial charge in [-0.15, -0.1) is 10.2 Å². The Hall–Kier alpha value is -2.88. The van der Waals surface area contributed by atoms with Crippen molar-refractivity contribution >= 4 is 28.4 Å². The Morgan fingerprint density at radius 3 is 2.60 bits per heavy atom. The van der Waals surface area contributed by atoms with E-state index in [2.05, 4.69) is 25.2 Å². The number of rotatable bonds is 7. The van der Waals surface area contributed by atoms with Crippen molar-refractivity contribution in [1.29, 1.82) is 0 Å². The van der Waals surface area contributed by atoms with E-state index in [1.807, 2.05) is 26.2 Å². The van der Waals surface area contributed by atoms with Crippen molar-refractivity contribution in [3.63, 3.8) is 0 Å². The van der Waals surface area contributed by atoms with Gasteiger partial charge in [-0.25, -0.2) is 4.98 Å². The third-order valence-corrected chi connectivity index (χ3v) is 5.04. The summed E-state index contributed by atoms with van der Waals surface area (Å²) in [4.78, 5) is 19.4. The molecule has 0 bridgehead atoms. The molecule has 4 aromatic rings. The highest BCUT2D eigenvalue weighted by atomic mass is 35.5. The predicted molar refractivity (Wildman–Crippen MR) is 115 cm³/mol. The van der Waals surface area contributed by atoms with E-state index in [0.29, 0.717) is 28.6 Å². The summed E-state index contributed by atoms with van der Waals surface area (Å²) in [6.45, 7) is 1.72. The lowest BCUT2D eigenvalue weighted by Crippen LogP contribution is -2.25. The molecule has 3 heterocycles. The minimum absolute atomic E-state index is 0.184. The molecule has 0 N–H and O–H groups in total. The van der Waals surface area contributed by atoms with Gasteiger partial charge in [-0.1, -0.05) is 23.7 Å². The van der Waals surface area contributed by atoms with Gasteiger partial charge in [0.15, 0.2) is 16.8 Å². The van der Waals surface area contributed by atoms with E-state index in [4.69, 9.17) is 16.3 Å². The SMILES string of the molecule is COCc1nn2c(nnc3c(=O)n(CCCN(C)C)cnc32)c1-c1ccc(Cl)cc1. The summed E-state index contributed by atoms with van der Waals surface area (Å²) in [7, 11) is 5.60. The Kier molecular flexibility index (Phi) is 5.76. The van der Waals surface area contributed by atoms with Gasteiger partial charge < -0.3 is 9.64 Å². The van der Waals surface area contributed by atoms with E-state index in [1.54, 1.807) is 34.7 Å². The molecule has 0 fully saturated rings. The highest BCUT2D eigenvalue weighted by molar-refractivity contribution is 6.30. The Morgan fingerprint density at radius 2 is 1.90 bits per heavy atom. The van der Waals surface area contributed by atoms with E-state index in [-0.39, 0.29) is 17.7 Å². The predicted octanol–water partition coefficient (Wildman–Crippen LogP) is 2.25. The maximum atomic E-state index is 12.9. The van der Waals surface area contributed by atoms with E-state index >= 15 is 0 Å². The van der Waals surface area contributed by atoms with Crippen molar-refractivity contribution in [2.75, 3.05) is 27.7 Å². The minimum atomic E-state index is -0.231. The van der Waals surface area contributed by atoms with Crippen LogP contribution < -0.4 is 5.56 Å². The second kappa shape index (κ2) is 8.47. The number of hydrogen-bond donors (Lipinski definition) is 0. The van der Waals surface area contributed by atoms with Gasteiger partial charge in [0.05, 0.1) is 17.9 Å². The van der Waals surface area contributed by atoms with Crippen LogP contribution >= 0.6 is 11.6 Å². The lowest BCUT2D eigenvalue weighted by Gasteiger charge is -2.10. The van der Waals surface area contributed by atoms with E-state index in [9.17, 15) is 4.79 Å². The number of methoxy groups -OCH3 is 1. The Morgan fingerprint density at radius 1 is 1.13 bits per heavy atom. The van der Waals surface area contributed by atoms with E-state index in [1.165, 1.54) is 0 Å². The van der Waals surface area contributed by atoms with Gasteiger partial charge in [0.2, 0.25) is 0 Å². The summed E-state index contributed by atoms with van der Waals surface area (Å²) >= 11 is 6.03. The molecule has 4 rings (SSSR count). The monoisotopic (exact) mass is 427 g/mol. The van der Waals surface area contributed by atoms with Gasteiger partial charge in [-0.05, 0) is 44.8 Å². The average Bonchev–Trinajstić information content (AvgIpc) is 3.09. The molecule has 0 aliphatic carbocycles. The molecule has 0 aliphatic heterocycles. The van der Waals surface area contributed by atoms with Gasteiger partial charge in [-0.2, -0.15) is 9.61 Å². The van der Waals surface area contributed by atoms with Gasteiger partial charge in [0.1, 0.15) is 6.33 Å². The zero-order valence-electron chi connectivity index (χ0n) is 17.0. The first-order valence-electron chi connectivity index (χ1n) is 9.52. The number of aromatic nitrogens is 6. The van der Waals surface area contributed by atoms with Crippen LogP contribution in [0.5, 0.6) is 0 Å². The normalized spacial score (nSPS) is 11.8. The molecular weight excluding hydrogens is 406 g/mol. The molecule has 30 heavy (non-hydrogen) atoms. The summed E-state index contributed by atoms with van der Waals surface area (Å²) in [5.41, 5.74) is 3.17. The Labute approximate surface area is 177 Å². The fourth-order valence-electron chi connectivity index (χ4n) is 3.37. The van der Waals surface area contributed by atoms with Gasteiger partial charge in [-0.3, -0.25) is 9.36 Å². The highest BCUT2D eigenvalue weighted by Crippen LogP contribution is 2.29. The average molecular weight is 428 g/mol. The van der Waals surface area contributed by atoms with Crippen molar-refractivity contribution in [3.8, 4) is 11.1 Å². The standard InChI is InChI=1S/C20H22ClN7O2/c1-26(2)9-4-10-27-12-22-19-17(20(27)29)23-24-18-16(13-5-7-14(21)8-6-13)15(11-30-3)25-28(18)19/h5-8,12H,4,9-11H2,1-3H3. The quantitative estimate of drug-likeness (QED) is 0.446. The lowest BCUT2D eigenvalue weighted by atomic mass is 10.1. The van der Waals surface area contributed by atoms with Gasteiger partial charge in [0.25, 0.3) is 5.56 Å². The van der Waals surface area contributed by atoms with Gasteiger partial charge in [0, 0.05) is 18.7 Å². The number of fused-ring (bicyclic) bond motifs is 3. The third-order valence-electron chi connectivity index (χ3n) is 4.79. The molecule has 0 saturated carbocycles. The Bertz CT molecular complexity index is 1250. The van der Waals surface area contributed by atoms with Crippen LogP contribution in [0.4, 0.5) is 0 Å². The molecule has 0 unspecified atom stereocenters. The number of ether oxygens (including phenoxy) is 1. The minimum Gasteiger partial charge on any atom is -0.378 e. The number of benzene rings is 1. The molecule has 0 radical (unpaired) electrons. The van der Waals surface area contributed by atoms with Crippen LogP contribution in [-0.2, 0) is 17.9 Å². The molecule has 1 aromatic carbocycles. The third kappa shape index (κ3) is 3.79. The van der Waals surface area contributed by atoms with Crippen LogP contribution in [0.2, 0.25) is 5.02 Å². The summed E-state index contributed by atoms with van der Waals surface area (Å²) < 4.78 is 8.44. The summed E-state index contributed by atoms with van der Waals surface area (Å²) in [5.74, 6) is 0. The fraction of sp³-hybridized carbons (Fsp3) is 0.350. The zero-order chi connectivity index (χ0) is 21.3. The summed E-state index contributed by atoms with van der Waals surface area (Å²) in [6.07, 6.45) is 2.37. The molecule has 0 spiro atoms. The smallest absolute Gasteiger partial charge is 0.283 e. The zero-order valence-corrected chi connectivity index (χ0v) is 17.8. The van der Waals surface area contributed by atoms with Crippen LogP contribution in [0.15, 0.2) is 35.4 Å². The number of hydrogen-bond acceptors (Lipinski definition) is 7. The fourth-order valence-corrected chi connectivity index (χ4v) is 3.50. The molecule has 0 amide bonds. The second-order valence-corrected chi connectivity index (χ2v) is 7.71. The summed E-state index contributed by atoms with van der Waals surface area (Å²) in [5, 5.41) is 13.8. The van der Waals surface area contributed by atoms with Gasteiger partial charge >= 0.3 is 0 Å². The molecule has 3 aromatic heterocycles. The van der Waals surface area contributed by atoms with Crippen molar-refractivity contribution in [2.24, 2.45) is 0 Å². The number of halogens is 1. The van der Waals surface area contributed by atoms with Crippen LogP contribution in [-0.4, -0.2) is 62.0 Å². The Balaban J connectivity index is 1.86. The first kappa shape index (κ1) is 20.4. The second-order valence-electron chi connectivity index (χ2n) is 7.27. The van der Waals surface area contributed by atoms with E-state index in [0.717, 1.165) is 24.1 Å². The van der Waals surface area contributed by atoms with Crippen LogP contribution in [0.3, 0.4) is 0 Å². The molecular formula is C20H22ClN7O2. The first-order chi connectivity index (χ1) is 14.5. The molecule has 156 valence electrons. The largest absolute Gasteiger partial charge is 0.378 e. The maximum Gasteiger partial charge on any atom is 0.283 e. The van der Waals surface area contributed by atoms with Crippen molar-refractivity contribution < 1.29 is 4.74 Å². The molecule has 0 atom stereocenters. The van der Waals surface area contributed by atoms with Crippen LogP contribution in [0.25, 0.3) is 27.9 Å². The van der Waals surface area contributed by atoms with Crippen molar-refractivity contribution in [2.45, 2.75) is 19.6 Å². The molecule has 9 nitrogen and oxygen atoms in total. The molecule has 0 aliphatic rings. The van der Waals surface area contributed by atoms with E-state index < -0.39 is 0 Å². The van der Waals surface area contributed by atoms with Crippen molar-refractivity contribution in [3.05, 3.63) is 51.7 Å². The molecule has 10 heteroatoms. The maximum absolute atomic E-state index is 12.9. The topological polar surface area (TPSA) is 90.4 Å². The summed E-state index contributed by atoms with van der Waals surface area (Å²) in [6, 6.07) is 7.38. The molecule has 0 saturated heterocycles. The first-order valence-corrected chi connectivity index (χ1v) is 9.90. The number of nitrogens with zero attached hydrogens (tertiary/aromatic N) is 7. The number of aryl methyl sites for hydroxylation is 1. The highest BCUT2D eigenvalue weighted by Gasteiger charge is 2.20. The van der Waals surface area contributed by atoms with Crippen molar-refractivity contribution in [1.82, 2.24) is 34.3 Å². The lowest BCUT2D eigenvalue weighted by molar-refractivity contribution is 0.181. The van der Waals surface area contributed by atoms with Crippen LogP contribution in [0.1, 0.15) is 12.1 Å².